The molecule has 1 aliphatic rings. The fourth-order valence-electron chi connectivity index (χ4n) is 4.45. The van der Waals surface area contributed by atoms with Crippen LogP contribution in [0.1, 0.15) is 40.5 Å². The van der Waals surface area contributed by atoms with Crippen molar-refractivity contribution in [2.75, 3.05) is 70.8 Å². The third kappa shape index (κ3) is 11.1. The lowest BCUT2D eigenvalue weighted by Crippen LogP contribution is -2.47. The van der Waals surface area contributed by atoms with Gasteiger partial charge in [0.25, 0.3) is 5.69 Å². The summed E-state index contributed by atoms with van der Waals surface area (Å²) in [4.78, 5) is 18.5. The molecule has 1 aliphatic heterocycles. The molecule has 0 unspecified atom stereocenters. The minimum Gasteiger partial charge on any atom is -0.362 e. The van der Waals surface area contributed by atoms with Crippen molar-refractivity contribution >= 4 is 28.7 Å². The smallest absolute Gasteiger partial charge is 0.292 e. The van der Waals surface area contributed by atoms with Crippen LogP contribution in [0.3, 0.4) is 0 Å². The number of thiocarbonyl (C=S) groups is 1. The number of nitro groups is 1. The zero-order chi connectivity index (χ0) is 24.9. The van der Waals surface area contributed by atoms with Gasteiger partial charge in [0.1, 0.15) is 5.69 Å². The third-order valence-electron chi connectivity index (χ3n) is 5.95. The number of benzene rings is 1. The van der Waals surface area contributed by atoms with Crippen molar-refractivity contribution in [3.63, 3.8) is 0 Å². The number of piperazine rings is 1. The van der Waals surface area contributed by atoms with Crippen LogP contribution in [-0.2, 0) is 0 Å². The fraction of sp³-hybridized carbons (Fsp3) is 0.720. The van der Waals surface area contributed by atoms with Crippen LogP contribution in [0.25, 0.3) is 0 Å². The lowest BCUT2D eigenvalue weighted by molar-refractivity contribution is -0.383. The quantitative estimate of drug-likeness (QED) is 0.175. The molecule has 1 aromatic rings. The highest BCUT2D eigenvalue weighted by molar-refractivity contribution is 7.80. The molecule has 1 fully saturated rings. The molecular weight excluding hydrogens is 448 g/mol. The number of rotatable bonds is 14. The maximum absolute atomic E-state index is 11.1. The Morgan fingerprint density at radius 3 is 2.15 bits per heavy atom. The van der Waals surface area contributed by atoms with E-state index in [9.17, 15) is 10.1 Å². The predicted octanol–water partition coefficient (Wildman–Crippen LogP) is 3.89. The predicted molar refractivity (Wildman–Crippen MR) is 146 cm³/mol. The summed E-state index contributed by atoms with van der Waals surface area (Å²) >= 11 is 5.30. The van der Waals surface area contributed by atoms with Crippen molar-refractivity contribution < 1.29 is 4.92 Å². The van der Waals surface area contributed by atoms with Crippen LogP contribution in [-0.4, -0.2) is 90.2 Å². The summed E-state index contributed by atoms with van der Waals surface area (Å²) in [5.41, 5.74) is 0.440. The first-order chi connectivity index (χ1) is 16.2. The largest absolute Gasteiger partial charge is 0.362 e. The molecule has 2 rings (SSSR count). The second kappa shape index (κ2) is 15.2. The first-order valence-electron chi connectivity index (χ1n) is 12.7. The van der Waals surface area contributed by atoms with E-state index >= 15 is 0 Å². The number of nitrogens with zero attached hydrogens (tertiary/aromatic N) is 4. The summed E-state index contributed by atoms with van der Waals surface area (Å²) in [5.74, 6) is 1.44. The van der Waals surface area contributed by atoms with Crippen molar-refractivity contribution in [3.05, 3.63) is 34.4 Å². The number of anilines is 1. The molecule has 0 aromatic heterocycles. The van der Waals surface area contributed by atoms with Crippen LogP contribution >= 0.6 is 12.2 Å². The molecule has 0 aliphatic carbocycles. The number of nitrogens with one attached hydrogen (secondary N) is 2. The molecule has 0 saturated carbocycles. The lowest BCUT2D eigenvalue weighted by Gasteiger charge is -2.35. The van der Waals surface area contributed by atoms with E-state index < -0.39 is 4.92 Å². The molecule has 8 nitrogen and oxygen atoms in total. The Labute approximate surface area is 211 Å². The molecule has 192 valence electrons. The molecule has 0 radical (unpaired) electrons. The maximum atomic E-state index is 11.1. The van der Waals surface area contributed by atoms with Gasteiger partial charge in [-0.15, -0.1) is 0 Å². The Kier molecular flexibility index (Phi) is 12.7. The summed E-state index contributed by atoms with van der Waals surface area (Å²) in [6.07, 6.45) is 2.23. The first kappa shape index (κ1) is 28.4. The van der Waals surface area contributed by atoms with Crippen molar-refractivity contribution in [2.45, 2.75) is 40.5 Å². The summed E-state index contributed by atoms with van der Waals surface area (Å²) in [5, 5.41) is 17.6. The van der Waals surface area contributed by atoms with Crippen molar-refractivity contribution in [2.24, 2.45) is 11.8 Å². The highest BCUT2D eigenvalue weighted by atomic mass is 32.1. The van der Waals surface area contributed by atoms with Gasteiger partial charge in [0.15, 0.2) is 5.11 Å². The van der Waals surface area contributed by atoms with Gasteiger partial charge in [0.2, 0.25) is 0 Å². The molecular formula is C25H44N6O2S. The molecule has 0 spiro atoms. The van der Waals surface area contributed by atoms with E-state index in [-0.39, 0.29) is 5.69 Å². The van der Waals surface area contributed by atoms with Gasteiger partial charge < -0.3 is 25.3 Å². The molecule has 9 heteroatoms. The average Bonchev–Trinajstić information content (AvgIpc) is 2.77. The van der Waals surface area contributed by atoms with E-state index in [0.29, 0.717) is 10.8 Å². The average molecular weight is 493 g/mol. The Balaban J connectivity index is 1.58. The van der Waals surface area contributed by atoms with Gasteiger partial charge in [-0.2, -0.15) is 0 Å². The number of para-hydroxylation sites is 2. The van der Waals surface area contributed by atoms with Crippen LogP contribution in [0, 0.1) is 22.0 Å². The Bertz CT molecular complexity index is 743. The van der Waals surface area contributed by atoms with Gasteiger partial charge in [-0.1, -0.05) is 39.8 Å². The van der Waals surface area contributed by atoms with Gasteiger partial charge in [0.05, 0.1) is 4.92 Å². The van der Waals surface area contributed by atoms with Crippen LogP contribution in [0.2, 0.25) is 0 Å². The van der Waals surface area contributed by atoms with E-state index in [0.717, 1.165) is 57.5 Å². The molecule has 1 aromatic carbocycles. The molecule has 0 atom stereocenters. The second-order valence-corrected chi connectivity index (χ2v) is 10.5. The van der Waals surface area contributed by atoms with Crippen LogP contribution in [0.15, 0.2) is 24.3 Å². The Morgan fingerprint density at radius 2 is 1.59 bits per heavy atom. The summed E-state index contributed by atoms with van der Waals surface area (Å²) in [6, 6.07) is 6.54. The van der Waals surface area contributed by atoms with Gasteiger partial charge in [-0.05, 0) is 62.6 Å². The van der Waals surface area contributed by atoms with Crippen molar-refractivity contribution in [1.29, 1.82) is 0 Å². The van der Waals surface area contributed by atoms with Gasteiger partial charge in [-0.3, -0.25) is 10.1 Å². The second-order valence-electron chi connectivity index (χ2n) is 10.1. The number of nitro benzene ring substituents is 1. The first-order valence-corrected chi connectivity index (χ1v) is 13.1. The van der Waals surface area contributed by atoms with E-state index in [2.05, 4.69) is 53.0 Å². The summed E-state index contributed by atoms with van der Waals surface area (Å²) < 4.78 is 0. The van der Waals surface area contributed by atoms with E-state index in [1.807, 2.05) is 0 Å². The normalized spacial score (nSPS) is 15.3. The van der Waals surface area contributed by atoms with Crippen molar-refractivity contribution in [1.82, 2.24) is 20.0 Å². The summed E-state index contributed by atoms with van der Waals surface area (Å²) in [7, 11) is 0. The summed E-state index contributed by atoms with van der Waals surface area (Å²) in [6.45, 7) is 20.3. The molecule has 34 heavy (non-hydrogen) atoms. The topological polar surface area (TPSA) is 76.9 Å². The zero-order valence-corrected chi connectivity index (χ0v) is 22.3. The SMILES string of the molecule is CC(C)CN(CCCN1CCN(CCCNC(=S)Nc2ccccc2[N+](=O)[O-])CC1)CC(C)C. The monoisotopic (exact) mass is 492 g/mol. The molecule has 1 saturated heterocycles. The Morgan fingerprint density at radius 1 is 1.03 bits per heavy atom. The van der Waals surface area contributed by atoms with E-state index in [4.69, 9.17) is 12.2 Å². The molecule has 0 amide bonds. The fourth-order valence-corrected chi connectivity index (χ4v) is 4.67. The standard InChI is InChI=1S/C25H44N6O2S/c1-21(2)19-30(20-22(3)4)14-8-13-29-17-15-28(16-18-29)12-7-11-26-25(34)27-23-9-5-6-10-24(23)31(32)33/h5-6,9-10,21-22H,7-8,11-20H2,1-4H3,(H2,26,27,34). The van der Waals surface area contributed by atoms with Crippen LogP contribution < -0.4 is 10.6 Å². The zero-order valence-electron chi connectivity index (χ0n) is 21.5. The molecule has 0 bridgehead atoms. The highest BCUT2D eigenvalue weighted by Gasteiger charge is 2.17. The van der Waals surface area contributed by atoms with Crippen LogP contribution in [0.5, 0.6) is 0 Å². The number of hydrogen-bond donors (Lipinski definition) is 2. The maximum Gasteiger partial charge on any atom is 0.292 e. The Hall–Kier alpha value is -1.81. The minimum atomic E-state index is -0.405. The van der Waals surface area contributed by atoms with E-state index in [1.54, 1.807) is 18.2 Å². The van der Waals surface area contributed by atoms with E-state index in [1.165, 1.54) is 38.7 Å². The molecule has 2 N–H and O–H groups in total. The van der Waals surface area contributed by atoms with Gasteiger partial charge in [-0.25, -0.2) is 0 Å². The third-order valence-corrected chi connectivity index (χ3v) is 6.19. The minimum absolute atomic E-state index is 0.0251. The van der Waals surface area contributed by atoms with Crippen LogP contribution in [0.4, 0.5) is 11.4 Å². The van der Waals surface area contributed by atoms with Crippen molar-refractivity contribution in [3.8, 4) is 0 Å². The van der Waals surface area contributed by atoms with Gasteiger partial charge in [0, 0.05) is 51.9 Å². The molecule has 1 heterocycles. The highest BCUT2D eigenvalue weighted by Crippen LogP contribution is 2.22. The lowest BCUT2D eigenvalue weighted by atomic mass is 10.1. The van der Waals surface area contributed by atoms with Gasteiger partial charge >= 0.3 is 0 Å². The number of hydrogen-bond acceptors (Lipinski definition) is 6.